The van der Waals surface area contributed by atoms with Crippen molar-refractivity contribution in [3.8, 4) is 0 Å². The number of amides is 1. The predicted octanol–water partition coefficient (Wildman–Crippen LogP) is -1.20. The van der Waals surface area contributed by atoms with Crippen LogP contribution in [0.4, 0.5) is 4.79 Å². The maximum atomic E-state index is 9.97. The van der Waals surface area contributed by atoms with Crippen molar-refractivity contribution in [1.29, 1.82) is 0 Å². The molecule has 1 amide bonds. The van der Waals surface area contributed by atoms with Gasteiger partial charge in [-0.05, 0) is 0 Å². The van der Waals surface area contributed by atoms with Gasteiger partial charge in [-0.2, -0.15) is 5.90 Å². The fraction of sp³-hybridized carbons (Fsp3) is 0.500. The fourth-order valence-electron chi connectivity index (χ4n) is 0.0831. The molecule has 0 saturated heterocycles. The van der Waals surface area contributed by atoms with Crippen LogP contribution >= 0.6 is 0 Å². The first-order valence-corrected chi connectivity index (χ1v) is 1.57. The highest BCUT2D eigenvalue weighted by Gasteiger charge is 1.99. The van der Waals surface area contributed by atoms with Gasteiger partial charge in [-0.15, -0.1) is 0 Å². The van der Waals surface area contributed by atoms with Crippen LogP contribution in [0.25, 0.3) is 0 Å². The minimum Gasteiger partial charge on any atom is -0.356 e. The van der Waals surface area contributed by atoms with E-state index in [1.165, 1.54) is 7.05 Å². The van der Waals surface area contributed by atoms with E-state index in [0.29, 0.717) is 0 Å². The van der Waals surface area contributed by atoms with Crippen molar-refractivity contribution >= 4 is 6.09 Å². The lowest BCUT2D eigenvalue weighted by Crippen LogP contribution is -2.35. The van der Waals surface area contributed by atoms with E-state index in [0.717, 1.165) is 5.01 Å². The summed E-state index contributed by atoms with van der Waals surface area (Å²) in [5.74, 6) is 9.23. The summed E-state index contributed by atoms with van der Waals surface area (Å²) in [6, 6.07) is 0. The molecule has 42 valence electrons. The zero-order chi connectivity index (χ0) is 5.86. The summed E-state index contributed by atoms with van der Waals surface area (Å²) in [6.07, 6.45) is -0.764. The van der Waals surface area contributed by atoms with Crippen LogP contribution in [0, 0.1) is 0 Å². The van der Waals surface area contributed by atoms with E-state index in [1.807, 2.05) is 0 Å². The second kappa shape index (κ2) is 2.38. The van der Waals surface area contributed by atoms with Crippen LogP contribution in [-0.4, -0.2) is 18.1 Å². The summed E-state index contributed by atoms with van der Waals surface area (Å²) >= 11 is 0. The number of hydrogen-bond acceptors (Lipinski definition) is 4. The topological polar surface area (TPSA) is 81.6 Å². The van der Waals surface area contributed by atoms with E-state index in [2.05, 4.69) is 10.7 Å². The zero-order valence-corrected chi connectivity index (χ0v) is 3.92. The molecule has 0 unspecified atom stereocenters. The van der Waals surface area contributed by atoms with Gasteiger partial charge >= 0.3 is 6.09 Å². The molecule has 4 N–H and O–H groups in total. The van der Waals surface area contributed by atoms with Crippen molar-refractivity contribution in [3.05, 3.63) is 0 Å². The summed E-state index contributed by atoms with van der Waals surface area (Å²) in [4.78, 5) is 13.6. The molecule has 0 aromatic rings. The van der Waals surface area contributed by atoms with Gasteiger partial charge in [-0.3, -0.25) is 0 Å². The van der Waals surface area contributed by atoms with Crippen LogP contribution in [0.15, 0.2) is 0 Å². The quantitative estimate of drug-likeness (QED) is 0.230. The molecule has 0 aromatic carbocycles. The van der Waals surface area contributed by atoms with Gasteiger partial charge < -0.3 is 4.84 Å². The SMILES string of the molecule is CN(N)C(=O)ON. The lowest BCUT2D eigenvalue weighted by Gasteiger charge is -2.04. The summed E-state index contributed by atoms with van der Waals surface area (Å²) < 4.78 is 0. The Labute approximate surface area is 40.7 Å². The first-order valence-electron chi connectivity index (χ1n) is 1.57. The molecule has 0 aliphatic heterocycles. The molecule has 0 aliphatic rings. The molecule has 5 nitrogen and oxygen atoms in total. The van der Waals surface area contributed by atoms with Crippen LogP contribution in [-0.2, 0) is 4.84 Å². The monoisotopic (exact) mass is 105 g/mol. The first-order chi connectivity index (χ1) is 3.18. The Bertz CT molecular complexity index is 71.3. The standard InChI is InChI=1S/C2H7N3O2/c1-5(3)2(6)7-4/h3-4H2,1H3. The average Bonchev–Trinajstić information content (AvgIpc) is 1.65. The highest BCUT2D eigenvalue weighted by molar-refractivity contribution is 5.65. The molecule has 0 aliphatic carbocycles. The molecule has 0 aromatic heterocycles. The summed E-state index contributed by atoms with van der Waals surface area (Å²) in [5.41, 5.74) is 0. The van der Waals surface area contributed by atoms with Crippen LogP contribution < -0.4 is 11.7 Å². The van der Waals surface area contributed by atoms with E-state index < -0.39 is 6.09 Å². The molecule has 0 heterocycles. The molecule has 0 fully saturated rings. The molecule has 0 rings (SSSR count). The van der Waals surface area contributed by atoms with E-state index in [-0.39, 0.29) is 0 Å². The zero-order valence-electron chi connectivity index (χ0n) is 3.92. The number of rotatable bonds is 0. The van der Waals surface area contributed by atoms with Crippen LogP contribution in [0.3, 0.4) is 0 Å². The summed E-state index contributed by atoms with van der Waals surface area (Å²) in [5, 5.41) is 0.736. The van der Waals surface area contributed by atoms with Gasteiger partial charge in [0, 0.05) is 7.05 Å². The summed E-state index contributed by atoms with van der Waals surface area (Å²) in [6.45, 7) is 0. The van der Waals surface area contributed by atoms with Gasteiger partial charge in [0.2, 0.25) is 0 Å². The van der Waals surface area contributed by atoms with Crippen LogP contribution in [0.1, 0.15) is 0 Å². The van der Waals surface area contributed by atoms with E-state index in [1.54, 1.807) is 0 Å². The minimum absolute atomic E-state index is 0.736. The van der Waals surface area contributed by atoms with Crippen LogP contribution in [0.5, 0.6) is 0 Å². The Kier molecular flexibility index (Phi) is 2.10. The molecule has 7 heavy (non-hydrogen) atoms. The highest BCUT2D eigenvalue weighted by Crippen LogP contribution is 1.71. The fourth-order valence-corrected chi connectivity index (χ4v) is 0.0831. The third-order valence-electron chi connectivity index (χ3n) is 0.389. The molecular weight excluding hydrogens is 98.0 g/mol. The molecule has 0 radical (unpaired) electrons. The van der Waals surface area contributed by atoms with Crippen molar-refractivity contribution in [2.45, 2.75) is 0 Å². The molecule has 0 atom stereocenters. The third kappa shape index (κ3) is 1.96. The Balaban J connectivity index is 3.35. The normalized spacial score (nSPS) is 7.86. The van der Waals surface area contributed by atoms with Crippen molar-refractivity contribution < 1.29 is 9.63 Å². The average molecular weight is 105 g/mol. The maximum absolute atomic E-state index is 9.97. The van der Waals surface area contributed by atoms with Crippen molar-refractivity contribution in [2.24, 2.45) is 11.7 Å². The minimum atomic E-state index is -0.764. The molecule has 0 saturated carbocycles. The third-order valence-corrected chi connectivity index (χ3v) is 0.389. The second-order valence-electron chi connectivity index (χ2n) is 0.995. The number of nitrogens with zero attached hydrogens (tertiary/aromatic N) is 1. The van der Waals surface area contributed by atoms with Crippen molar-refractivity contribution in [3.63, 3.8) is 0 Å². The van der Waals surface area contributed by atoms with Gasteiger partial charge in [0.05, 0.1) is 0 Å². The lowest BCUT2D eigenvalue weighted by atomic mass is 11.1. The van der Waals surface area contributed by atoms with Gasteiger partial charge in [0.15, 0.2) is 0 Å². The van der Waals surface area contributed by atoms with Gasteiger partial charge in [-0.1, -0.05) is 0 Å². The Morgan fingerprint density at radius 3 is 2.29 bits per heavy atom. The highest BCUT2D eigenvalue weighted by atomic mass is 16.7. The predicted molar refractivity (Wildman–Crippen MR) is 22.6 cm³/mol. The van der Waals surface area contributed by atoms with Crippen LogP contribution in [0.2, 0.25) is 0 Å². The van der Waals surface area contributed by atoms with E-state index in [9.17, 15) is 4.79 Å². The maximum Gasteiger partial charge on any atom is 0.442 e. The van der Waals surface area contributed by atoms with E-state index >= 15 is 0 Å². The number of carbonyl (C=O) groups excluding carboxylic acids is 1. The Morgan fingerprint density at radius 2 is 2.29 bits per heavy atom. The van der Waals surface area contributed by atoms with Crippen molar-refractivity contribution in [2.75, 3.05) is 7.05 Å². The first kappa shape index (κ1) is 6.19. The van der Waals surface area contributed by atoms with Gasteiger partial charge in [0.25, 0.3) is 0 Å². The van der Waals surface area contributed by atoms with Gasteiger partial charge in [-0.25, -0.2) is 15.6 Å². The molecular formula is C2H7N3O2. The lowest BCUT2D eigenvalue weighted by molar-refractivity contribution is 0.112. The smallest absolute Gasteiger partial charge is 0.356 e. The summed E-state index contributed by atoms with van der Waals surface area (Å²) in [7, 11) is 1.33. The molecule has 0 bridgehead atoms. The number of hydrogen-bond donors (Lipinski definition) is 2. The van der Waals surface area contributed by atoms with Crippen molar-refractivity contribution in [1.82, 2.24) is 5.01 Å². The van der Waals surface area contributed by atoms with E-state index in [4.69, 9.17) is 5.84 Å². The number of nitrogens with two attached hydrogens (primary N) is 2. The molecule has 0 spiro atoms. The largest absolute Gasteiger partial charge is 0.442 e. The second-order valence-corrected chi connectivity index (χ2v) is 0.995. The Hall–Kier alpha value is -0.810. The Morgan fingerprint density at radius 1 is 1.86 bits per heavy atom. The van der Waals surface area contributed by atoms with Gasteiger partial charge in [0.1, 0.15) is 0 Å². The molecule has 5 heteroatoms. The number of hydrazine groups is 1. The number of carbonyl (C=O) groups is 1.